The molecule has 0 aliphatic carbocycles. The third kappa shape index (κ3) is 7.69. The van der Waals surface area contributed by atoms with Crippen LogP contribution in [-0.4, -0.2) is 112 Å². The smallest absolute Gasteiger partial charge is 0.394 e. The van der Waals surface area contributed by atoms with Gasteiger partial charge in [-0.25, -0.2) is 14.6 Å². The Hall–Kier alpha value is -5.47. The van der Waals surface area contributed by atoms with E-state index in [1.807, 2.05) is 0 Å². The van der Waals surface area contributed by atoms with Gasteiger partial charge in [0.15, 0.2) is 17.3 Å². The number of fused-ring (bicyclic) bond motifs is 1. The van der Waals surface area contributed by atoms with Crippen molar-refractivity contribution in [3.63, 3.8) is 0 Å². The first-order chi connectivity index (χ1) is 24.9. The van der Waals surface area contributed by atoms with Crippen LogP contribution in [0.15, 0.2) is 48.8 Å². The monoisotopic (exact) mass is 767 g/mol. The predicted octanol–water partition coefficient (Wildman–Crippen LogP) is 3.82. The lowest BCUT2D eigenvalue weighted by Crippen LogP contribution is -2.53. The van der Waals surface area contributed by atoms with E-state index in [1.54, 1.807) is 12.1 Å². The number of aromatic nitrogens is 6. The molecule has 1 saturated heterocycles. The van der Waals surface area contributed by atoms with Crippen molar-refractivity contribution in [3.8, 4) is 17.1 Å². The Kier molecular flexibility index (Phi) is 9.96. The number of rotatable bonds is 8. The molecule has 4 N–H and O–H groups in total. The maximum absolute atomic E-state index is 14.2. The van der Waals surface area contributed by atoms with E-state index < -0.39 is 54.0 Å². The van der Waals surface area contributed by atoms with Crippen molar-refractivity contribution in [2.45, 2.75) is 24.9 Å². The predicted molar refractivity (Wildman–Crippen MR) is 175 cm³/mol. The number of aliphatic hydroxyl groups excluding tert-OH is 2. The molecule has 0 saturated carbocycles. The van der Waals surface area contributed by atoms with Crippen molar-refractivity contribution >= 4 is 46.0 Å². The molecular formula is C32H28ClF6N9O5. The Morgan fingerprint density at radius 1 is 1.02 bits per heavy atom. The Balaban J connectivity index is 1.18. The quantitative estimate of drug-likeness (QED) is 0.173. The van der Waals surface area contributed by atoms with Gasteiger partial charge in [0.05, 0.1) is 51.8 Å². The summed E-state index contributed by atoms with van der Waals surface area (Å²) in [5, 5.41) is 25.0. The number of alkyl halides is 6. The van der Waals surface area contributed by atoms with Crippen molar-refractivity contribution in [1.82, 2.24) is 39.1 Å². The van der Waals surface area contributed by atoms with Crippen molar-refractivity contribution in [2.75, 3.05) is 38.1 Å². The van der Waals surface area contributed by atoms with Gasteiger partial charge in [-0.3, -0.25) is 14.4 Å². The van der Waals surface area contributed by atoms with Crippen LogP contribution in [0.3, 0.4) is 0 Å². The molecule has 1 unspecified atom stereocenters. The highest BCUT2D eigenvalue weighted by atomic mass is 35.5. The zero-order chi connectivity index (χ0) is 38.4. The second kappa shape index (κ2) is 14.2. The highest BCUT2D eigenvalue weighted by Crippen LogP contribution is 2.37. The lowest BCUT2D eigenvalue weighted by Gasteiger charge is -2.35. The van der Waals surface area contributed by atoms with E-state index in [4.69, 9.17) is 16.7 Å². The minimum Gasteiger partial charge on any atom is -0.394 e. The number of hydrogen-bond acceptors (Lipinski definition) is 8. The second-order valence-corrected chi connectivity index (χ2v) is 12.4. The van der Waals surface area contributed by atoms with Gasteiger partial charge in [-0.05, 0) is 36.4 Å². The molecule has 3 amide bonds. The van der Waals surface area contributed by atoms with Gasteiger partial charge in [0.1, 0.15) is 0 Å². The molecule has 6 rings (SSSR count). The zero-order valence-electron chi connectivity index (χ0n) is 27.3. The molecule has 4 aromatic heterocycles. The van der Waals surface area contributed by atoms with E-state index in [9.17, 15) is 45.8 Å². The fraction of sp³-hybridized carbons (Fsp3) is 0.312. The number of halogens is 7. The van der Waals surface area contributed by atoms with E-state index in [1.165, 1.54) is 36.2 Å². The topological polar surface area (TPSA) is 174 Å². The minimum atomic E-state index is -5.03. The Labute approximate surface area is 299 Å². The summed E-state index contributed by atoms with van der Waals surface area (Å²) in [6.07, 6.45) is -8.68. The third-order valence-corrected chi connectivity index (χ3v) is 8.73. The normalized spacial score (nSPS) is 14.5. The molecule has 0 spiro atoms. The standard InChI is InChI=1S/C32H28ClF6N9O5/c1-45-24(20-14-48(44-26(20)31(34,35)36)25-5-4-22-23(43-25)12-17(41-22)10-18(50)15-49)13-40-27(45)28(51)42-16-2-3-19(21(33)11-16)29(52)46-6-8-47(9-7-46)30(53)32(37,38)39/h2-5,11-14,18,41,49-50H,6-10,15H2,1H3,(H,42,51). The van der Waals surface area contributed by atoms with Gasteiger partial charge < -0.3 is 34.9 Å². The maximum Gasteiger partial charge on any atom is 0.471 e. The number of nitrogens with zero attached hydrogens (tertiary/aromatic N) is 7. The molecule has 1 atom stereocenters. The first kappa shape index (κ1) is 37.3. The number of benzene rings is 1. The number of aromatic amines is 1. The number of anilines is 1. The first-order valence-corrected chi connectivity index (χ1v) is 16.1. The number of nitrogens with one attached hydrogen (secondary N) is 2. The van der Waals surface area contributed by atoms with Gasteiger partial charge in [-0.2, -0.15) is 31.4 Å². The van der Waals surface area contributed by atoms with Crippen LogP contribution in [0.5, 0.6) is 0 Å². The average Bonchev–Trinajstić information content (AvgIpc) is 3.83. The van der Waals surface area contributed by atoms with E-state index in [0.29, 0.717) is 21.6 Å². The van der Waals surface area contributed by atoms with Gasteiger partial charge in [0.2, 0.25) is 0 Å². The lowest BCUT2D eigenvalue weighted by molar-refractivity contribution is -0.186. The van der Waals surface area contributed by atoms with Gasteiger partial charge in [-0.1, -0.05) is 11.6 Å². The molecule has 0 radical (unpaired) electrons. The molecule has 1 fully saturated rings. The Morgan fingerprint density at radius 3 is 2.36 bits per heavy atom. The molecule has 0 bridgehead atoms. The highest BCUT2D eigenvalue weighted by molar-refractivity contribution is 6.34. The number of hydrogen-bond donors (Lipinski definition) is 4. The van der Waals surface area contributed by atoms with Crippen molar-refractivity contribution in [2.24, 2.45) is 7.05 Å². The van der Waals surface area contributed by atoms with Crippen LogP contribution < -0.4 is 5.32 Å². The summed E-state index contributed by atoms with van der Waals surface area (Å²) in [7, 11) is 1.33. The number of amides is 3. The van der Waals surface area contributed by atoms with Crippen LogP contribution in [0.1, 0.15) is 32.4 Å². The van der Waals surface area contributed by atoms with E-state index in [2.05, 4.69) is 25.4 Å². The fourth-order valence-electron chi connectivity index (χ4n) is 5.78. The zero-order valence-corrected chi connectivity index (χ0v) is 28.1. The third-order valence-electron chi connectivity index (χ3n) is 8.42. The van der Waals surface area contributed by atoms with Crippen LogP contribution in [0.2, 0.25) is 5.02 Å². The highest BCUT2D eigenvalue weighted by Gasteiger charge is 2.43. The van der Waals surface area contributed by atoms with E-state index in [0.717, 1.165) is 21.6 Å². The summed E-state index contributed by atoms with van der Waals surface area (Å²) < 4.78 is 83.1. The second-order valence-electron chi connectivity index (χ2n) is 12.0. The number of H-pyrrole nitrogens is 1. The lowest BCUT2D eigenvalue weighted by atomic mass is 10.1. The fourth-order valence-corrected chi connectivity index (χ4v) is 6.05. The average molecular weight is 768 g/mol. The Bertz CT molecular complexity index is 2210. The van der Waals surface area contributed by atoms with Gasteiger partial charge >= 0.3 is 18.3 Å². The number of aliphatic hydroxyl groups is 2. The molecule has 280 valence electrons. The van der Waals surface area contributed by atoms with E-state index in [-0.39, 0.29) is 66.2 Å². The summed E-state index contributed by atoms with van der Waals surface area (Å²) in [5.74, 6) is -3.67. The van der Waals surface area contributed by atoms with Crippen LogP contribution in [0.25, 0.3) is 28.1 Å². The number of carbonyl (C=O) groups is 3. The number of piperazine rings is 1. The van der Waals surface area contributed by atoms with Crippen LogP contribution >= 0.6 is 11.6 Å². The van der Waals surface area contributed by atoms with Crippen LogP contribution in [0, 0.1) is 0 Å². The maximum atomic E-state index is 14.2. The molecule has 5 aromatic rings. The summed E-state index contributed by atoms with van der Waals surface area (Å²) >= 11 is 6.32. The molecule has 53 heavy (non-hydrogen) atoms. The number of imidazole rings is 1. The molecule has 1 aliphatic rings. The van der Waals surface area contributed by atoms with Crippen LogP contribution in [-0.2, 0) is 24.4 Å². The summed E-state index contributed by atoms with van der Waals surface area (Å²) in [4.78, 5) is 51.0. The minimum absolute atomic E-state index is 0.0117. The van der Waals surface area contributed by atoms with Crippen molar-refractivity contribution in [1.29, 1.82) is 0 Å². The SMILES string of the molecule is Cn1c(-c2cn(-c3ccc4[nH]c(CC(O)CO)cc4n3)nc2C(F)(F)F)cnc1C(=O)Nc1ccc(C(=O)N2CCN(C(=O)C(F)(F)F)CC2)c(Cl)c1. The molecule has 21 heteroatoms. The van der Waals surface area contributed by atoms with Gasteiger partial charge in [0, 0.05) is 57.2 Å². The molecular weight excluding hydrogens is 740 g/mol. The first-order valence-electron chi connectivity index (χ1n) is 15.7. The summed E-state index contributed by atoms with van der Waals surface area (Å²) in [5.41, 5.74) is -0.206. The number of pyridine rings is 1. The summed E-state index contributed by atoms with van der Waals surface area (Å²) in [6, 6.07) is 8.48. The van der Waals surface area contributed by atoms with Crippen molar-refractivity contribution in [3.05, 3.63) is 76.6 Å². The molecule has 1 aliphatic heterocycles. The van der Waals surface area contributed by atoms with E-state index >= 15 is 0 Å². The van der Waals surface area contributed by atoms with Crippen molar-refractivity contribution < 1.29 is 50.9 Å². The molecule has 1 aromatic carbocycles. The van der Waals surface area contributed by atoms with Gasteiger partial charge in [-0.15, -0.1) is 0 Å². The summed E-state index contributed by atoms with van der Waals surface area (Å²) in [6.45, 7) is -1.44. The van der Waals surface area contributed by atoms with Crippen LogP contribution in [0.4, 0.5) is 32.0 Å². The largest absolute Gasteiger partial charge is 0.471 e. The molecule has 5 heterocycles. The van der Waals surface area contributed by atoms with Gasteiger partial charge in [0.25, 0.3) is 11.8 Å². The number of carbonyl (C=O) groups excluding carboxylic acids is 3. The Morgan fingerprint density at radius 2 is 1.72 bits per heavy atom. The molecule has 14 nitrogen and oxygen atoms in total.